The van der Waals surface area contributed by atoms with Crippen LogP contribution in [0.4, 0.5) is 0 Å². The Morgan fingerprint density at radius 1 is 0.957 bits per heavy atom. The number of amides is 2. The number of nitrogens with two attached hydrogens (primary N) is 1. The van der Waals surface area contributed by atoms with Crippen LogP contribution in [0.2, 0.25) is 0 Å². The van der Waals surface area contributed by atoms with Gasteiger partial charge >= 0.3 is 0 Å². The van der Waals surface area contributed by atoms with Gasteiger partial charge in [-0.15, -0.1) is 12.4 Å². The van der Waals surface area contributed by atoms with E-state index in [1.54, 1.807) is 0 Å². The molecule has 1 aliphatic carbocycles. The molecule has 0 bridgehead atoms. The van der Waals surface area contributed by atoms with Crippen LogP contribution in [-0.4, -0.2) is 53.3 Å². The van der Waals surface area contributed by atoms with E-state index in [1.165, 1.54) is 0 Å². The molecule has 3 rings (SSSR count). The van der Waals surface area contributed by atoms with E-state index in [9.17, 15) is 9.59 Å². The lowest BCUT2D eigenvalue weighted by atomic mass is 9.91. The van der Waals surface area contributed by atoms with Crippen LogP contribution in [0.5, 0.6) is 0 Å². The largest absolute Gasteiger partial charge is 0.342 e. The Labute approximate surface area is 145 Å². The number of likely N-dealkylation sites (tertiary alicyclic amines) is 2. The quantitative estimate of drug-likeness (QED) is 0.849. The Balaban J connectivity index is 0.00000192. The van der Waals surface area contributed by atoms with Crippen LogP contribution in [0.1, 0.15) is 51.9 Å². The normalized spacial score (nSPS) is 29.7. The monoisotopic (exact) mass is 343 g/mol. The second-order valence-electron chi connectivity index (χ2n) is 7.35. The summed E-state index contributed by atoms with van der Waals surface area (Å²) in [5, 5.41) is 0. The molecule has 0 radical (unpaired) electrons. The van der Waals surface area contributed by atoms with Gasteiger partial charge in [0.1, 0.15) is 0 Å². The van der Waals surface area contributed by atoms with Gasteiger partial charge in [-0.1, -0.05) is 0 Å². The molecule has 3 atom stereocenters. The summed E-state index contributed by atoms with van der Waals surface area (Å²) in [6.45, 7) is 4.28. The minimum Gasteiger partial charge on any atom is -0.342 e. The first-order valence-corrected chi connectivity index (χ1v) is 8.92. The molecule has 5 nitrogen and oxygen atoms in total. The first-order chi connectivity index (χ1) is 10.6. The molecule has 3 unspecified atom stereocenters. The Kier molecular flexibility index (Phi) is 6.32. The molecule has 0 spiro atoms. The number of piperidine rings is 2. The van der Waals surface area contributed by atoms with Crippen LogP contribution in [0.3, 0.4) is 0 Å². The molecule has 3 fully saturated rings. The lowest BCUT2D eigenvalue weighted by Gasteiger charge is -2.42. The minimum absolute atomic E-state index is 0. The summed E-state index contributed by atoms with van der Waals surface area (Å²) < 4.78 is 0. The summed E-state index contributed by atoms with van der Waals surface area (Å²) >= 11 is 0. The van der Waals surface area contributed by atoms with Gasteiger partial charge in [0, 0.05) is 37.6 Å². The van der Waals surface area contributed by atoms with Crippen LogP contribution in [0.25, 0.3) is 0 Å². The molecule has 0 aromatic rings. The van der Waals surface area contributed by atoms with Gasteiger partial charge in [-0.25, -0.2) is 0 Å². The molecule has 132 valence electrons. The van der Waals surface area contributed by atoms with E-state index in [1.807, 2.05) is 16.7 Å². The standard InChI is InChI=1S/C17H29N3O2.ClH/c1-12(18)15-6-2-3-10-20(15)17(22)14-5-4-9-19(11-14)16(21)13-7-8-13;/h12-15H,2-11,18H2,1H3;1H. The van der Waals surface area contributed by atoms with Crippen LogP contribution in [0, 0.1) is 11.8 Å². The molecule has 0 aromatic heterocycles. The molecule has 6 heteroatoms. The van der Waals surface area contributed by atoms with E-state index in [-0.39, 0.29) is 48.1 Å². The van der Waals surface area contributed by atoms with Gasteiger partial charge in [-0.2, -0.15) is 0 Å². The van der Waals surface area contributed by atoms with Crippen molar-refractivity contribution < 1.29 is 9.59 Å². The van der Waals surface area contributed by atoms with Crippen molar-refractivity contribution in [1.29, 1.82) is 0 Å². The smallest absolute Gasteiger partial charge is 0.227 e. The highest BCUT2D eigenvalue weighted by atomic mass is 35.5. The fraction of sp³-hybridized carbons (Fsp3) is 0.882. The van der Waals surface area contributed by atoms with E-state index < -0.39 is 0 Å². The maximum absolute atomic E-state index is 13.0. The molecule has 0 aromatic carbocycles. The topological polar surface area (TPSA) is 66.6 Å². The Bertz CT molecular complexity index is 440. The fourth-order valence-electron chi connectivity index (χ4n) is 3.98. The Morgan fingerprint density at radius 2 is 1.70 bits per heavy atom. The zero-order chi connectivity index (χ0) is 15.7. The number of hydrogen-bond donors (Lipinski definition) is 1. The third kappa shape index (κ3) is 4.18. The van der Waals surface area contributed by atoms with Gasteiger partial charge in [0.05, 0.1) is 5.92 Å². The SMILES string of the molecule is CC(N)C1CCCCN1C(=O)C1CCCN(C(=O)C2CC2)C1.Cl. The van der Waals surface area contributed by atoms with Gasteiger partial charge < -0.3 is 15.5 Å². The number of hydrogen-bond acceptors (Lipinski definition) is 3. The molecule has 1 saturated carbocycles. The van der Waals surface area contributed by atoms with Crippen LogP contribution in [-0.2, 0) is 9.59 Å². The third-order valence-electron chi connectivity index (χ3n) is 5.45. The molecule has 2 aliphatic heterocycles. The lowest BCUT2D eigenvalue weighted by Crippen LogP contribution is -2.55. The molecular formula is C17H30ClN3O2. The van der Waals surface area contributed by atoms with Crippen LogP contribution in [0.15, 0.2) is 0 Å². The second-order valence-corrected chi connectivity index (χ2v) is 7.35. The number of carbonyl (C=O) groups excluding carboxylic acids is 2. The lowest BCUT2D eigenvalue weighted by molar-refractivity contribution is -0.144. The van der Waals surface area contributed by atoms with Crippen molar-refractivity contribution in [3.05, 3.63) is 0 Å². The summed E-state index contributed by atoms with van der Waals surface area (Å²) in [4.78, 5) is 29.2. The van der Waals surface area contributed by atoms with Crippen LogP contribution >= 0.6 is 12.4 Å². The highest BCUT2D eigenvalue weighted by Crippen LogP contribution is 2.33. The van der Waals surface area contributed by atoms with Crippen molar-refractivity contribution in [3.63, 3.8) is 0 Å². The molecule has 3 aliphatic rings. The van der Waals surface area contributed by atoms with Crippen molar-refractivity contribution in [2.24, 2.45) is 17.6 Å². The zero-order valence-corrected chi connectivity index (χ0v) is 14.9. The van der Waals surface area contributed by atoms with Gasteiger partial charge in [-0.3, -0.25) is 9.59 Å². The molecular weight excluding hydrogens is 314 g/mol. The highest BCUT2D eigenvalue weighted by molar-refractivity contribution is 5.85. The van der Waals surface area contributed by atoms with Crippen molar-refractivity contribution in [3.8, 4) is 0 Å². The molecule has 2 amide bonds. The van der Waals surface area contributed by atoms with E-state index in [2.05, 4.69) is 0 Å². The molecule has 2 N–H and O–H groups in total. The van der Waals surface area contributed by atoms with Crippen molar-refractivity contribution in [1.82, 2.24) is 9.80 Å². The first kappa shape index (κ1) is 18.5. The maximum atomic E-state index is 13.0. The number of rotatable bonds is 3. The van der Waals surface area contributed by atoms with Crippen LogP contribution < -0.4 is 5.73 Å². The summed E-state index contributed by atoms with van der Waals surface area (Å²) in [6, 6.07) is 0.202. The fourth-order valence-corrected chi connectivity index (χ4v) is 3.98. The molecule has 23 heavy (non-hydrogen) atoms. The van der Waals surface area contributed by atoms with Crippen molar-refractivity contribution in [2.45, 2.75) is 64.0 Å². The number of halogens is 1. The van der Waals surface area contributed by atoms with Gasteiger partial charge in [-0.05, 0) is 51.9 Å². The third-order valence-corrected chi connectivity index (χ3v) is 5.45. The number of carbonyl (C=O) groups is 2. The van der Waals surface area contributed by atoms with Gasteiger partial charge in [0.15, 0.2) is 0 Å². The van der Waals surface area contributed by atoms with E-state index in [0.29, 0.717) is 6.54 Å². The summed E-state index contributed by atoms with van der Waals surface area (Å²) in [5.41, 5.74) is 6.09. The average molecular weight is 344 g/mol. The zero-order valence-electron chi connectivity index (χ0n) is 14.1. The predicted molar refractivity (Wildman–Crippen MR) is 92.3 cm³/mol. The van der Waals surface area contributed by atoms with E-state index >= 15 is 0 Å². The first-order valence-electron chi connectivity index (χ1n) is 8.92. The Morgan fingerprint density at radius 3 is 2.35 bits per heavy atom. The summed E-state index contributed by atoms with van der Waals surface area (Å²) in [5.74, 6) is 0.742. The molecule has 2 heterocycles. The summed E-state index contributed by atoms with van der Waals surface area (Å²) in [6.07, 6.45) is 7.18. The van der Waals surface area contributed by atoms with Gasteiger partial charge in [0.25, 0.3) is 0 Å². The minimum atomic E-state index is -0.0178. The van der Waals surface area contributed by atoms with Gasteiger partial charge in [0.2, 0.25) is 11.8 Å². The summed E-state index contributed by atoms with van der Waals surface area (Å²) in [7, 11) is 0. The highest BCUT2D eigenvalue weighted by Gasteiger charge is 2.39. The second kappa shape index (κ2) is 7.84. The van der Waals surface area contributed by atoms with Crippen molar-refractivity contribution in [2.75, 3.05) is 19.6 Å². The average Bonchev–Trinajstić information content (AvgIpc) is 3.38. The predicted octanol–water partition coefficient (Wildman–Crippen LogP) is 1.79. The van der Waals surface area contributed by atoms with E-state index in [0.717, 1.165) is 58.0 Å². The Hall–Kier alpha value is -0.810. The maximum Gasteiger partial charge on any atom is 0.227 e. The van der Waals surface area contributed by atoms with E-state index in [4.69, 9.17) is 5.73 Å². The number of nitrogens with zero attached hydrogens (tertiary/aromatic N) is 2. The van der Waals surface area contributed by atoms with Crippen molar-refractivity contribution >= 4 is 24.2 Å². The molecule has 2 saturated heterocycles.